The first-order chi connectivity index (χ1) is 15.0. The quantitative estimate of drug-likeness (QED) is 0.550. The fraction of sp³-hybridized carbons (Fsp3) is 0.600. The third-order valence-corrected chi connectivity index (χ3v) is 7.78. The number of nitrogens with one attached hydrogen (secondary N) is 1. The Balaban J connectivity index is 1.80. The van der Waals surface area contributed by atoms with Crippen molar-refractivity contribution < 1.29 is 13.9 Å². The summed E-state index contributed by atoms with van der Waals surface area (Å²) in [6.07, 6.45) is 3.84. The van der Waals surface area contributed by atoms with E-state index in [0.29, 0.717) is 0 Å². The van der Waals surface area contributed by atoms with Crippen LogP contribution in [0.5, 0.6) is 0 Å². The van der Waals surface area contributed by atoms with Crippen molar-refractivity contribution in [1.29, 1.82) is 0 Å². The predicted octanol–water partition coefficient (Wildman–Crippen LogP) is 5.67. The van der Waals surface area contributed by atoms with Gasteiger partial charge in [-0.05, 0) is 91.1 Å². The maximum atomic E-state index is 13.5. The summed E-state index contributed by atoms with van der Waals surface area (Å²) < 4.78 is 19.4. The summed E-state index contributed by atoms with van der Waals surface area (Å²) in [5.41, 5.74) is 1.77. The monoisotopic (exact) mass is 461 g/mol. The fourth-order valence-electron chi connectivity index (χ4n) is 4.54. The van der Waals surface area contributed by atoms with E-state index in [4.69, 9.17) is 4.74 Å². The molecule has 2 aromatic rings. The topological polar surface area (TPSA) is 54.5 Å². The first-order valence-electron chi connectivity index (χ1n) is 11.4. The smallest absolute Gasteiger partial charge is 0.407 e. The minimum Gasteiger partial charge on any atom is -0.446 e. The Morgan fingerprint density at radius 2 is 2.06 bits per heavy atom. The molecule has 1 saturated heterocycles. The van der Waals surface area contributed by atoms with Gasteiger partial charge in [0.05, 0.1) is 0 Å². The highest BCUT2D eigenvalue weighted by Gasteiger charge is 2.48. The van der Waals surface area contributed by atoms with E-state index in [1.165, 1.54) is 23.0 Å². The van der Waals surface area contributed by atoms with Gasteiger partial charge in [-0.1, -0.05) is 6.07 Å². The molecule has 0 spiro atoms. The van der Waals surface area contributed by atoms with Crippen LogP contribution in [0.4, 0.5) is 9.18 Å². The van der Waals surface area contributed by atoms with Gasteiger partial charge in [-0.3, -0.25) is 9.88 Å². The lowest BCUT2D eigenvalue weighted by Gasteiger charge is -2.40. The molecular weight excluding hydrogens is 425 g/mol. The molecule has 0 aliphatic carbocycles. The second-order valence-corrected chi connectivity index (χ2v) is 11.0. The predicted molar refractivity (Wildman–Crippen MR) is 127 cm³/mol. The molecule has 7 heteroatoms. The molecule has 32 heavy (non-hydrogen) atoms. The van der Waals surface area contributed by atoms with E-state index in [-0.39, 0.29) is 34.3 Å². The van der Waals surface area contributed by atoms with Crippen LogP contribution in [0.2, 0.25) is 0 Å². The molecule has 3 rings (SSSR count). The molecule has 1 fully saturated rings. The number of amides is 1. The number of nitrogens with zero attached hydrogens (tertiary/aromatic N) is 2. The van der Waals surface area contributed by atoms with Crippen molar-refractivity contribution in [3.63, 3.8) is 0 Å². The maximum absolute atomic E-state index is 13.5. The van der Waals surface area contributed by atoms with Crippen LogP contribution < -0.4 is 5.32 Å². The second kappa shape index (κ2) is 9.87. The Morgan fingerprint density at radius 1 is 1.31 bits per heavy atom. The largest absolute Gasteiger partial charge is 0.446 e. The Morgan fingerprint density at radius 3 is 2.66 bits per heavy atom. The van der Waals surface area contributed by atoms with Gasteiger partial charge in [0.25, 0.3) is 0 Å². The van der Waals surface area contributed by atoms with Crippen molar-refractivity contribution in [2.75, 3.05) is 13.1 Å². The molecule has 1 amide bonds. The number of hydrogen-bond donors (Lipinski definition) is 1. The zero-order valence-corrected chi connectivity index (χ0v) is 20.9. The van der Waals surface area contributed by atoms with Crippen molar-refractivity contribution in [3.8, 4) is 0 Å². The van der Waals surface area contributed by atoms with Crippen LogP contribution in [0.1, 0.15) is 63.6 Å². The Hall–Kier alpha value is -1.99. The number of carbonyl (C=O) groups is 1. The standard InChI is InChI=1S/C25H36FN3O2S/c1-17(2)28-23(30)31-19(4)25(12-11-21-9-10-22(26)32-21)13-14-29(16-25)24(5,6)20-8-7-18(3)27-15-20/h7-10,15,17,19H,11-14,16H2,1-6H3,(H,28,30)/t19-,25?/m0/s1. The van der Waals surface area contributed by atoms with Gasteiger partial charge < -0.3 is 10.1 Å². The van der Waals surface area contributed by atoms with E-state index >= 15 is 0 Å². The van der Waals surface area contributed by atoms with Crippen molar-refractivity contribution in [2.45, 2.75) is 78.5 Å². The molecule has 1 aliphatic heterocycles. The molecule has 3 heterocycles. The van der Waals surface area contributed by atoms with Crippen LogP contribution >= 0.6 is 11.3 Å². The first-order valence-corrected chi connectivity index (χ1v) is 12.2. The van der Waals surface area contributed by atoms with Crippen LogP contribution in [0, 0.1) is 17.5 Å². The number of hydrogen-bond acceptors (Lipinski definition) is 5. The van der Waals surface area contributed by atoms with Crippen LogP contribution in [-0.2, 0) is 16.7 Å². The SMILES string of the molecule is Cc1ccc(C(C)(C)N2CCC(CCc3ccc(F)s3)([C@H](C)OC(=O)NC(C)C)C2)cn1. The van der Waals surface area contributed by atoms with Crippen molar-refractivity contribution in [3.05, 3.63) is 51.7 Å². The number of pyridine rings is 1. The van der Waals surface area contributed by atoms with Gasteiger partial charge in [0.1, 0.15) is 6.10 Å². The van der Waals surface area contributed by atoms with Gasteiger partial charge in [-0.2, -0.15) is 4.39 Å². The van der Waals surface area contributed by atoms with E-state index in [9.17, 15) is 9.18 Å². The third-order valence-electron chi connectivity index (χ3n) is 6.84. The minimum atomic E-state index is -0.380. The third kappa shape index (κ3) is 5.67. The number of carbonyl (C=O) groups excluding carboxylic acids is 1. The number of aryl methyl sites for hydroxylation is 2. The summed E-state index contributed by atoms with van der Waals surface area (Å²) in [4.78, 5) is 20.4. The first kappa shape index (κ1) is 24.6. The van der Waals surface area contributed by atoms with Crippen LogP contribution in [0.25, 0.3) is 0 Å². The summed E-state index contributed by atoms with van der Waals surface area (Å²) in [6.45, 7) is 14.0. The number of rotatable bonds is 8. The molecule has 2 atom stereocenters. The Kier molecular flexibility index (Phi) is 7.61. The summed E-state index contributed by atoms with van der Waals surface area (Å²) in [7, 11) is 0. The second-order valence-electron chi connectivity index (χ2n) is 9.83. The van der Waals surface area contributed by atoms with Crippen molar-refractivity contribution >= 4 is 17.4 Å². The average Bonchev–Trinajstić information content (AvgIpc) is 3.33. The zero-order valence-electron chi connectivity index (χ0n) is 20.1. The number of likely N-dealkylation sites (tertiary alicyclic amines) is 1. The van der Waals surface area contributed by atoms with Crippen molar-refractivity contribution in [2.24, 2.45) is 5.41 Å². The number of halogens is 1. The molecule has 0 radical (unpaired) electrons. The number of alkyl carbamates (subject to hydrolysis) is 1. The molecule has 0 aromatic carbocycles. The Bertz CT molecular complexity index is 912. The number of ether oxygens (including phenoxy) is 1. The highest BCUT2D eigenvalue weighted by molar-refractivity contribution is 7.10. The van der Waals surface area contributed by atoms with Crippen LogP contribution in [-0.4, -0.2) is 41.2 Å². The molecule has 2 aromatic heterocycles. The lowest BCUT2D eigenvalue weighted by molar-refractivity contribution is 0.00679. The number of thiophene rings is 1. The van der Waals surface area contributed by atoms with E-state index in [1.807, 2.05) is 46.0 Å². The normalized spacial score (nSPS) is 20.5. The lowest BCUT2D eigenvalue weighted by Crippen LogP contribution is -2.46. The van der Waals surface area contributed by atoms with Crippen molar-refractivity contribution in [1.82, 2.24) is 15.2 Å². The molecule has 0 bridgehead atoms. The van der Waals surface area contributed by atoms with Gasteiger partial charge in [0.2, 0.25) is 0 Å². The molecule has 1 N–H and O–H groups in total. The lowest BCUT2D eigenvalue weighted by atomic mass is 9.77. The molecule has 176 valence electrons. The van der Waals surface area contributed by atoms with Crippen LogP contribution in [0.3, 0.4) is 0 Å². The summed E-state index contributed by atoms with van der Waals surface area (Å²) in [5.74, 6) is 0. The fourth-order valence-corrected chi connectivity index (χ4v) is 5.26. The molecule has 1 unspecified atom stereocenters. The van der Waals surface area contributed by atoms with Gasteiger partial charge in [-0.15, -0.1) is 11.3 Å². The zero-order chi connectivity index (χ0) is 23.5. The van der Waals surface area contributed by atoms with Gasteiger partial charge >= 0.3 is 6.09 Å². The summed E-state index contributed by atoms with van der Waals surface area (Å²) in [5, 5.41) is 2.68. The van der Waals surface area contributed by atoms with E-state index in [0.717, 1.165) is 42.9 Å². The average molecular weight is 462 g/mol. The maximum Gasteiger partial charge on any atom is 0.407 e. The highest BCUT2D eigenvalue weighted by atomic mass is 32.1. The van der Waals surface area contributed by atoms with E-state index in [2.05, 4.69) is 35.1 Å². The van der Waals surface area contributed by atoms with Gasteiger partial charge in [0, 0.05) is 40.3 Å². The minimum absolute atomic E-state index is 0.0211. The van der Waals surface area contributed by atoms with Gasteiger partial charge in [-0.25, -0.2) is 4.79 Å². The highest BCUT2D eigenvalue weighted by Crippen LogP contribution is 2.44. The molecule has 0 saturated carbocycles. The van der Waals surface area contributed by atoms with E-state index in [1.54, 1.807) is 0 Å². The summed E-state index contributed by atoms with van der Waals surface area (Å²) >= 11 is 1.20. The van der Waals surface area contributed by atoms with Crippen LogP contribution in [0.15, 0.2) is 30.5 Å². The molecule has 1 aliphatic rings. The Labute approximate surface area is 195 Å². The van der Waals surface area contributed by atoms with Gasteiger partial charge in [0.15, 0.2) is 5.13 Å². The molecular formula is C25H36FN3O2S. The molecule has 5 nitrogen and oxygen atoms in total. The summed E-state index contributed by atoms with van der Waals surface area (Å²) in [6, 6.07) is 7.60. The van der Waals surface area contributed by atoms with E-state index < -0.39 is 0 Å². The number of aromatic nitrogens is 1.